The summed E-state index contributed by atoms with van der Waals surface area (Å²) in [6.45, 7) is 4.29. The molecule has 0 aromatic carbocycles. The Morgan fingerprint density at radius 1 is 0.446 bits per heavy atom. The van der Waals surface area contributed by atoms with Crippen molar-refractivity contribution in [2.75, 3.05) is 6.61 Å². The van der Waals surface area contributed by atoms with Gasteiger partial charge in [-0.25, -0.2) is 0 Å². The standard InChI is InChI=1S/C52H101NO3/c1-3-5-7-9-11-13-15-17-19-21-23-25-26-28-29-31-33-35-37-39-41-43-45-47-51(55)50(49-54)53-52(56)48-46-44-42-40-38-36-34-32-30-27-24-22-20-18-16-14-12-10-8-6-4-2/h6,8,12,14,50-51,54-55H,3-5,7,9-11,13,15-49H2,1-2H3,(H,53,56)/b8-6-,14-12-. The lowest BCUT2D eigenvalue weighted by molar-refractivity contribution is -0.123. The van der Waals surface area contributed by atoms with Gasteiger partial charge in [-0.05, 0) is 38.5 Å². The van der Waals surface area contributed by atoms with Gasteiger partial charge in [-0.1, -0.05) is 263 Å². The van der Waals surface area contributed by atoms with E-state index in [0.29, 0.717) is 12.8 Å². The molecule has 0 aliphatic rings. The van der Waals surface area contributed by atoms with Gasteiger partial charge in [0.15, 0.2) is 0 Å². The summed E-state index contributed by atoms with van der Waals surface area (Å²) in [6.07, 6.45) is 62.9. The van der Waals surface area contributed by atoms with E-state index in [4.69, 9.17) is 0 Å². The van der Waals surface area contributed by atoms with Crippen LogP contribution in [0, 0.1) is 0 Å². The van der Waals surface area contributed by atoms with Crippen LogP contribution in [0.2, 0.25) is 0 Å². The third-order valence-electron chi connectivity index (χ3n) is 12.0. The minimum atomic E-state index is -0.658. The molecule has 0 rings (SSSR count). The van der Waals surface area contributed by atoms with Crippen molar-refractivity contribution in [2.24, 2.45) is 0 Å². The van der Waals surface area contributed by atoms with E-state index in [0.717, 1.165) is 38.5 Å². The molecule has 0 aromatic heterocycles. The van der Waals surface area contributed by atoms with Crippen molar-refractivity contribution in [1.82, 2.24) is 5.32 Å². The Kier molecular flexibility index (Phi) is 47.3. The fourth-order valence-corrected chi connectivity index (χ4v) is 8.11. The van der Waals surface area contributed by atoms with Crippen molar-refractivity contribution in [3.05, 3.63) is 24.3 Å². The highest BCUT2D eigenvalue weighted by atomic mass is 16.3. The van der Waals surface area contributed by atoms with E-state index in [9.17, 15) is 15.0 Å². The SMILES string of the molecule is CC/C=C\C/C=C\CCCCCCCCCCCCCCCCC(=O)NC(CO)C(O)CCCCCCCCCCCCCCCCCCCCCCCCC. The van der Waals surface area contributed by atoms with Gasteiger partial charge in [0.1, 0.15) is 0 Å². The van der Waals surface area contributed by atoms with Crippen LogP contribution in [0.4, 0.5) is 0 Å². The Bertz CT molecular complexity index is 810. The number of hydrogen-bond donors (Lipinski definition) is 3. The fourth-order valence-electron chi connectivity index (χ4n) is 8.11. The summed E-state index contributed by atoms with van der Waals surface area (Å²) in [6, 6.07) is -0.535. The molecule has 4 nitrogen and oxygen atoms in total. The summed E-state index contributed by atoms with van der Waals surface area (Å²) in [5.41, 5.74) is 0. The van der Waals surface area contributed by atoms with Crippen LogP contribution in [-0.2, 0) is 4.79 Å². The summed E-state index contributed by atoms with van der Waals surface area (Å²) >= 11 is 0. The number of hydrogen-bond acceptors (Lipinski definition) is 3. The van der Waals surface area contributed by atoms with E-state index in [1.54, 1.807) is 0 Å². The largest absolute Gasteiger partial charge is 0.394 e. The molecule has 0 heterocycles. The molecule has 0 radical (unpaired) electrons. The van der Waals surface area contributed by atoms with Gasteiger partial charge in [0.25, 0.3) is 0 Å². The maximum absolute atomic E-state index is 12.5. The molecular weight excluding hydrogens is 687 g/mol. The molecule has 0 aromatic rings. The van der Waals surface area contributed by atoms with Gasteiger partial charge in [0.2, 0.25) is 5.91 Å². The highest BCUT2D eigenvalue weighted by molar-refractivity contribution is 5.76. The summed E-state index contributed by atoms with van der Waals surface area (Å²) in [5, 5.41) is 23.3. The Balaban J connectivity index is 3.44. The number of carbonyl (C=O) groups excluding carboxylic acids is 1. The average molecular weight is 788 g/mol. The molecule has 0 saturated heterocycles. The van der Waals surface area contributed by atoms with Gasteiger partial charge < -0.3 is 15.5 Å². The summed E-state index contributed by atoms with van der Waals surface area (Å²) in [4.78, 5) is 12.5. The lowest BCUT2D eigenvalue weighted by Crippen LogP contribution is -2.45. The van der Waals surface area contributed by atoms with E-state index in [1.165, 1.54) is 218 Å². The van der Waals surface area contributed by atoms with Gasteiger partial charge in [0.05, 0.1) is 18.8 Å². The maximum atomic E-state index is 12.5. The minimum absolute atomic E-state index is 0.0280. The number of amides is 1. The monoisotopic (exact) mass is 788 g/mol. The highest BCUT2D eigenvalue weighted by Gasteiger charge is 2.20. The number of nitrogens with one attached hydrogen (secondary N) is 1. The Morgan fingerprint density at radius 2 is 0.786 bits per heavy atom. The average Bonchev–Trinajstić information content (AvgIpc) is 3.20. The molecule has 332 valence electrons. The first-order chi connectivity index (χ1) is 27.7. The zero-order valence-electron chi connectivity index (χ0n) is 38.2. The van der Waals surface area contributed by atoms with Crippen LogP contribution in [0.25, 0.3) is 0 Å². The number of rotatable bonds is 47. The summed E-state index contributed by atoms with van der Waals surface area (Å²) in [7, 11) is 0. The Morgan fingerprint density at radius 3 is 1.16 bits per heavy atom. The van der Waals surface area contributed by atoms with Gasteiger partial charge in [-0.15, -0.1) is 0 Å². The first-order valence-electron chi connectivity index (χ1n) is 25.5. The number of aliphatic hydroxyl groups excluding tert-OH is 2. The van der Waals surface area contributed by atoms with Crippen LogP contribution >= 0.6 is 0 Å². The second kappa shape index (κ2) is 48.2. The molecule has 0 saturated carbocycles. The predicted octanol–water partition coefficient (Wildman–Crippen LogP) is 16.4. The van der Waals surface area contributed by atoms with Crippen LogP contribution in [-0.4, -0.2) is 34.9 Å². The zero-order valence-corrected chi connectivity index (χ0v) is 38.2. The van der Waals surface area contributed by atoms with Crippen molar-refractivity contribution in [3.8, 4) is 0 Å². The van der Waals surface area contributed by atoms with E-state index in [1.807, 2.05) is 0 Å². The molecule has 1 amide bonds. The highest BCUT2D eigenvalue weighted by Crippen LogP contribution is 2.17. The van der Waals surface area contributed by atoms with E-state index >= 15 is 0 Å². The Labute approximate surface area is 351 Å². The first kappa shape index (κ1) is 54.9. The molecule has 56 heavy (non-hydrogen) atoms. The van der Waals surface area contributed by atoms with Crippen molar-refractivity contribution < 1.29 is 15.0 Å². The van der Waals surface area contributed by atoms with Crippen molar-refractivity contribution in [1.29, 1.82) is 0 Å². The van der Waals surface area contributed by atoms with Gasteiger partial charge in [0, 0.05) is 6.42 Å². The van der Waals surface area contributed by atoms with E-state index in [-0.39, 0.29) is 12.5 Å². The van der Waals surface area contributed by atoms with Gasteiger partial charge >= 0.3 is 0 Å². The molecule has 0 spiro atoms. The molecular formula is C52H101NO3. The second-order valence-electron chi connectivity index (χ2n) is 17.6. The lowest BCUT2D eigenvalue weighted by Gasteiger charge is -2.22. The molecule has 0 bridgehead atoms. The topological polar surface area (TPSA) is 69.6 Å². The second-order valence-corrected chi connectivity index (χ2v) is 17.6. The minimum Gasteiger partial charge on any atom is -0.394 e. The predicted molar refractivity (Wildman–Crippen MR) is 249 cm³/mol. The van der Waals surface area contributed by atoms with Crippen LogP contribution < -0.4 is 5.32 Å². The number of allylic oxidation sites excluding steroid dienone is 4. The van der Waals surface area contributed by atoms with Crippen molar-refractivity contribution in [3.63, 3.8) is 0 Å². The molecule has 0 aliphatic carbocycles. The Hall–Kier alpha value is -1.13. The van der Waals surface area contributed by atoms with Crippen LogP contribution in [0.3, 0.4) is 0 Å². The van der Waals surface area contributed by atoms with Gasteiger partial charge in [-0.3, -0.25) is 4.79 Å². The maximum Gasteiger partial charge on any atom is 0.220 e. The first-order valence-corrected chi connectivity index (χ1v) is 25.5. The molecule has 0 aliphatic heterocycles. The lowest BCUT2D eigenvalue weighted by atomic mass is 10.0. The molecule has 2 unspecified atom stereocenters. The molecule has 0 fully saturated rings. The molecule has 3 N–H and O–H groups in total. The summed E-state index contributed by atoms with van der Waals surface area (Å²) < 4.78 is 0. The fraction of sp³-hybridized carbons (Fsp3) is 0.904. The van der Waals surface area contributed by atoms with Crippen LogP contribution in [0.15, 0.2) is 24.3 Å². The quantitative estimate of drug-likeness (QED) is 0.0425. The third kappa shape index (κ3) is 44.0. The number of unbranched alkanes of at least 4 members (excludes halogenated alkanes) is 36. The number of aliphatic hydroxyl groups is 2. The van der Waals surface area contributed by atoms with E-state index in [2.05, 4.69) is 43.5 Å². The van der Waals surface area contributed by atoms with E-state index < -0.39 is 12.1 Å². The van der Waals surface area contributed by atoms with Crippen molar-refractivity contribution in [2.45, 2.75) is 296 Å². The van der Waals surface area contributed by atoms with Gasteiger partial charge in [-0.2, -0.15) is 0 Å². The van der Waals surface area contributed by atoms with Crippen LogP contribution in [0.1, 0.15) is 284 Å². The number of carbonyl (C=O) groups is 1. The summed E-state index contributed by atoms with van der Waals surface area (Å²) in [5.74, 6) is -0.0280. The van der Waals surface area contributed by atoms with Crippen molar-refractivity contribution >= 4 is 5.91 Å². The third-order valence-corrected chi connectivity index (χ3v) is 12.0. The molecule has 4 heteroatoms. The van der Waals surface area contributed by atoms with Crippen LogP contribution in [0.5, 0.6) is 0 Å². The molecule has 2 atom stereocenters. The zero-order chi connectivity index (χ0) is 40.7. The normalized spacial score (nSPS) is 13.0. The smallest absolute Gasteiger partial charge is 0.220 e.